The van der Waals surface area contributed by atoms with Crippen molar-refractivity contribution in [3.05, 3.63) is 70.8 Å². The monoisotopic (exact) mass is 404 g/mol. The summed E-state index contributed by atoms with van der Waals surface area (Å²) in [6, 6.07) is 12.4. The van der Waals surface area contributed by atoms with Gasteiger partial charge in [-0.25, -0.2) is 0 Å². The highest BCUT2D eigenvalue weighted by Gasteiger charge is 2.33. The topological polar surface area (TPSA) is 40.6 Å². The molecule has 0 N–H and O–H groups in total. The molecule has 0 atom stereocenters. The number of Topliss-reactive ketones (excluding diaryl/α,β-unsaturated/α-hetero) is 1. The van der Waals surface area contributed by atoms with Crippen molar-refractivity contribution in [3.8, 4) is 0 Å². The summed E-state index contributed by atoms with van der Waals surface area (Å²) in [5, 5.41) is 0. The lowest BCUT2D eigenvalue weighted by molar-refractivity contribution is -0.138. The molecule has 1 amide bonds. The fourth-order valence-corrected chi connectivity index (χ4v) is 3.61. The van der Waals surface area contributed by atoms with E-state index in [0.717, 1.165) is 6.07 Å². The number of hydrogen-bond acceptors (Lipinski definition) is 3. The molecule has 0 bridgehead atoms. The Labute approximate surface area is 167 Å². The van der Waals surface area contributed by atoms with E-state index >= 15 is 0 Å². The van der Waals surface area contributed by atoms with E-state index in [2.05, 4.69) is 4.90 Å². The average Bonchev–Trinajstić information content (AvgIpc) is 2.71. The number of benzene rings is 2. The number of alkyl halides is 3. The maximum Gasteiger partial charge on any atom is 0.416 e. The molecule has 0 aromatic heterocycles. The Hall–Kier alpha value is -2.67. The van der Waals surface area contributed by atoms with Gasteiger partial charge in [-0.2, -0.15) is 13.2 Å². The SMILES string of the molecule is CC(=O)c1ccccc1C(=O)N1CCN(CCc2ccccc2C(F)(F)F)CC1. The van der Waals surface area contributed by atoms with Crippen LogP contribution in [-0.2, 0) is 12.6 Å². The fourth-order valence-electron chi connectivity index (χ4n) is 3.61. The van der Waals surface area contributed by atoms with Crippen LogP contribution in [0.5, 0.6) is 0 Å². The molecule has 7 heteroatoms. The molecule has 1 aliphatic heterocycles. The highest BCUT2D eigenvalue weighted by atomic mass is 19.4. The van der Waals surface area contributed by atoms with Gasteiger partial charge in [0.1, 0.15) is 0 Å². The highest BCUT2D eigenvalue weighted by molar-refractivity contribution is 6.07. The number of hydrogen-bond donors (Lipinski definition) is 0. The number of piperazine rings is 1. The van der Waals surface area contributed by atoms with Crippen LogP contribution >= 0.6 is 0 Å². The van der Waals surface area contributed by atoms with E-state index in [1.165, 1.54) is 19.1 Å². The molecule has 2 aromatic rings. The smallest absolute Gasteiger partial charge is 0.336 e. The van der Waals surface area contributed by atoms with Gasteiger partial charge < -0.3 is 4.90 Å². The third kappa shape index (κ3) is 5.03. The summed E-state index contributed by atoms with van der Waals surface area (Å²) in [6.45, 7) is 4.06. The quantitative estimate of drug-likeness (QED) is 0.710. The second-order valence-electron chi connectivity index (χ2n) is 7.14. The zero-order valence-corrected chi connectivity index (χ0v) is 16.2. The second kappa shape index (κ2) is 8.78. The van der Waals surface area contributed by atoms with Crippen molar-refractivity contribution < 1.29 is 22.8 Å². The molecule has 0 unspecified atom stereocenters. The van der Waals surface area contributed by atoms with E-state index in [0.29, 0.717) is 50.3 Å². The van der Waals surface area contributed by atoms with Gasteiger partial charge in [0, 0.05) is 38.3 Å². The summed E-state index contributed by atoms with van der Waals surface area (Å²) >= 11 is 0. The Morgan fingerprint density at radius 3 is 2.10 bits per heavy atom. The molecule has 1 fully saturated rings. The zero-order chi connectivity index (χ0) is 21.0. The van der Waals surface area contributed by atoms with Gasteiger partial charge in [-0.05, 0) is 31.0 Å². The normalized spacial score (nSPS) is 15.4. The summed E-state index contributed by atoms with van der Waals surface area (Å²) in [4.78, 5) is 28.3. The van der Waals surface area contributed by atoms with Gasteiger partial charge in [-0.3, -0.25) is 14.5 Å². The van der Waals surface area contributed by atoms with Crippen LogP contribution in [0.15, 0.2) is 48.5 Å². The van der Waals surface area contributed by atoms with Gasteiger partial charge in [0.25, 0.3) is 5.91 Å². The van der Waals surface area contributed by atoms with E-state index in [9.17, 15) is 22.8 Å². The lowest BCUT2D eigenvalue weighted by atomic mass is 10.0. The number of halogens is 3. The van der Waals surface area contributed by atoms with Crippen LogP contribution in [0.3, 0.4) is 0 Å². The van der Waals surface area contributed by atoms with Gasteiger partial charge >= 0.3 is 6.18 Å². The highest BCUT2D eigenvalue weighted by Crippen LogP contribution is 2.32. The van der Waals surface area contributed by atoms with E-state index in [1.807, 2.05) is 0 Å². The molecular weight excluding hydrogens is 381 g/mol. The standard InChI is InChI=1S/C22H23F3N2O2/c1-16(28)18-7-3-4-8-19(18)21(29)27-14-12-26(13-15-27)11-10-17-6-2-5-9-20(17)22(23,24)25/h2-9H,10-15H2,1H3. The first-order valence-corrected chi connectivity index (χ1v) is 9.54. The lowest BCUT2D eigenvalue weighted by Gasteiger charge is -2.35. The van der Waals surface area contributed by atoms with Crippen molar-refractivity contribution in [1.82, 2.24) is 9.80 Å². The molecule has 1 aliphatic rings. The van der Waals surface area contributed by atoms with Crippen LogP contribution < -0.4 is 0 Å². The van der Waals surface area contributed by atoms with E-state index in [-0.39, 0.29) is 17.3 Å². The van der Waals surface area contributed by atoms with E-state index in [1.54, 1.807) is 35.2 Å². The van der Waals surface area contributed by atoms with Crippen molar-refractivity contribution in [1.29, 1.82) is 0 Å². The molecule has 1 heterocycles. The number of carbonyl (C=O) groups excluding carboxylic acids is 2. The molecular formula is C22H23F3N2O2. The maximum atomic E-state index is 13.1. The summed E-state index contributed by atoms with van der Waals surface area (Å²) in [6.07, 6.45) is -4.05. The van der Waals surface area contributed by atoms with Crippen molar-refractivity contribution in [2.75, 3.05) is 32.7 Å². The van der Waals surface area contributed by atoms with Crippen LogP contribution in [0.25, 0.3) is 0 Å². The molecule has 154 valence electrons. The Kier molecular flexibility index (Phi) is 6.37. The van der Waals surface area contributed by atoms with Gasteiger partial charge in [0.05, 0.1) is 11.1 Å². The number of carbonyl (C=O) groups is 2. The van der Waals surface area contributed by atoms with Crippen molar-refractivity contribution in [2.45, 2.75) is 19.5 Å². The van der Waals surface area contributed by atoms with Crippen molar-refractivity contribution >= 4 is 11.7 Å². The van der Waals surface area contributed by atoms with Crippen LogP contribution in [0.4, 0.5) is 13.2 Å². The molecule has 29 heavy (non-hydrogen) atoms. The van der Waals surface area contributed by atoms with Gasteiger partial charge in [-0.1, -0.05) is 36.4 Å². The first kappa shape index (κ1) is 21.0. The third-order valence-corrected chi connectivity index (χ3v) is 5.22. The summed E-state index contributed by atoms with van der Waals surface area (Å²) in [5.41, 5.74) is 0.500. The summed E-state index contributed by atoms with van der Waals surface area (Å²) < 4.78 is 39.4. The first-order chi connectivity index (χ1) is 13.8. The molecule has 4 nitrogen and oxygen atoms in total. The van der Waals surface area contributed by atoms with Crippen LogP contribution in [0.1, 0.15) is 38.8 Å². The number of amides is 1. The first-order valence-electron chi connectivity index (χ1n) is 9.54. The maximum absolute atomic E-state index is 13.1. The van der Waals surface area contributed by atoms with Crippen molar-refractivity contribution in [2.24, 2.45) is 0 Å². The van der Waals surface area contributed by atoms with E-state index < -0.39 is 11.7 Å². The second-order valence-corrected chi connectivity index (χ2v) is 7.14. The van der Waals surface area contributed by atoms with Crippen LogP contribution in [0, 0.1) is 0 Å². The van der Waals surface area contributed by atoms with Crippen LogP contribution in [-0.4, -0.2) is 54.2 Å². The average molecular weight is 404 g/mol. The number of rotatable bonds is 5. The fraction of sp³-hybridized carbons (Fsp3) is 0.364. The molecule has 2 aromatic carbocycles. The molecule has 3 rings (SSSR count). The molecule has 1 saturated heterocycles. The van der Waals surface area contributed by atoms with Crippen molar-refractivity contribution in [3.63, 3.8) is 0 Å². The minimum Gasteiger partial charge on any atom is -0.336 e. The molecule has 0 aliphatic carbocycles. The summed E-state index contributed by atoms with van der Waals surface area (Å²) in [5.74, 6) is -0.339. The predicted molar refractivity (Wildman–Crippen MR) is 104 cm³/mol. The Balaban J connectivity index is 1.58. The zero-order valence-electron chi connectivity index (χ0n) is 16.2. The Morgan fingerprint density at radius 2 is 1.48 bits per heavy atom. The largest absolute Gasteiger partial charge is 0.416 e. The van der Waals surface area contributed by atoms with E-state index in [4.69, 9.17) is 0 Å². The number of ketones is 1. The van der Waals surface area contributed by atoms with Gasteiger partial charge in [0.2, 0.25) is 0 Å². The van der Waals surface area contributed by atoms with Gasteiger partial charge in [-0.15, -0.1) is 0 Å². The van der Waals surface area contributed by atoms with Gasteiger partial charge in [0.15, 0.2) is 5.78 Å². The number of nitrogens with zero attached hydrogens (tertiary/aromatic N) is 2. The Morgan fingerprint density at radius 1 is 0.897 bits per heavy atom. The lowest BCUT2D eigenvalue weighted by Crippen LogP contribution is -2.49. The molecule has 0 radical (unpaired) electrons. The third-order valence-electron chi connectivity index (χ3n) is 5.22. The molecule has 0 spiro atoms. The summed E-state index contributed by atoms with van der Waals surface area (Å²) in [7, 11) is 0. The predicted octanol–water partition coefficient (Wildman–Crippen LogP) is 3.91. The minimum atomic E-state index is -4.36. The molecule has 0 saturated carbocycles. The minimum absolute atomic E-state index is 0.157. The Bertz CT molecular complexity index is 888. The van der Waals surface area contributed by atoms with Crippen LogP contribution in [0.2, 0.25) is 0 Å².